The SMILES string of the molecule is CCCCCOc1ccc(C(c2ccc(O)cc2)C(c2ccc(O)cc2)c2ccc(O)cc2)cc1. The molecule has 0 saturated carbocycles. The summed E-state index contributed by atoms with van der Waals surface area (Å²) in [7, 11) is 0. The third-order valence-corrected chi connectivity index (χ3v) is 6.35. The molecule has 35 heavy (non-hydrogen) atoms. The zero-order chi connectivity index (χ0) is 24.6. The van der Waals surface area contributed by atoms with Gasteiger partial charge in [-0.25, -0.2) is 0 Å². The van der Waals surface area contributed by atoms with Crippen LogP contribution in [-0.2, 0) is 0 Å². The van der Waals surface area contributed by atoms with Crippen molar-refractivity contribution in [3.8, 4) is 23.0 Å². The van der Waals surface area contributed by atoms with Crippen molar-refractivity contribution in [3.05, 3.63) is 119 Å². The average molecular weight is 469 g/mol. The van der Waals surface area contributed by atoms with Crippen LogP contribution in [0.5, 0.6) is 23.0 Å². The maximum absolute atomic E-state index is 9.93. The van der Waals surface area contributed by atoms with Gasteiger partial charge in [0.05, 0.1) is 6.61 Å². The Morgan fingerprint density at radius 3 is 1.20 bits per heavy atom. The standard InChI is InChI=1S/C31H32O4/c1-2-3-4-21-35-29-19-11-25(12-20-29)31(24-9-17-28(34)18-10-24)30(22-5-13-26(32)14-6-22)23-7-15-27(33)16-8-23/h5-20,30-34H,2-4,21H2,1H3. The molecule has 0 saturated heterocycles. The molecule has 0 amide bonds. The summed E-state index contributed by atoms with van der Waals surface area (Å²) in [5.41, 5.74) is 4.21. The first kappa shape index (κ1) is 24.2. The number of unbranched alkanes of at least 4 members (excludes halogenated alkanes) is 2. The largest absolute Gasteiger partial charge is 0.508 e. The molecule has 0 aliphatic carbocycles. The number of benzene rings is 4. The molecule has 4 aromatic rings. The fraction of sp³-hybridized carbons (Fsp3) is 0.226. The molecule has 4 heteroatoms. The van der Waals surface area contributed by atoms with Gasteiger partial charge in [-0.1, -0.05) is 68.3 Å². The highest BCUT2D eigenvalue weighted by atomic mass is 16.5. The topological polar surface area (TPSA) is 69.9 Å². The first-order valence-corrected chi connectivity index (χ1v) is 12.1. The van der Waals surface area contributed by atoms with Gasteiger partial charge in [0.2, 0.25) is 0 Å². The molecule has 0 bridgehead atoms. The van der Waals surface area contributed by atoms with Crippen LogP contribution in [0.2, 0.25) is 0 Å². The Morgan fingerprint density at radius 2 is 0.857 bits per heavy atom. The Morgan fingerprint density at radius 1 is 0.514 bits per heavy atom. The lowest BCUT2D eigenvalue weighted by Gasteiger charge is -2.30. The van der Waals surface area contributed by atoms with Crippen molar-refractivity contribution in [1.29, 1.82) is 0 Å². The smallest absolute Gasteiger partial charge is 0.119 e. The molecule has 1 atom stereocenters. The Labute approximate surface area is 207 Å². The maximum atomic E-state index is 9.93. The number of rotatable bonds is 10. The van der Waals surface area contributed by atoms with Crippen LogP contribution in [0.3, 0.4) is 0 Å². The molecule has 0 radical (unpaired) electrons. The van der Waals surface area contributed by atoms with E-state index in [2.05, 4.69) is 19.1 Å². The molecule has 0 heterocycles. The predicted molar refractivity (Wildman–Crippen MR) is 139 cm³/mol. The Bertz CT molecular complexity index is 1140. The fourth-order valence-electron chi connectivity index (χ4n) is 4.51. The van der Waals surface area contributed by atoms with Crippen LogP contribution < -0.4 is 4.74 Å². The molecule has 0 fully saturated rings. The zero-order valence-electron chi connectivity index (χ0n) is 20.0. The van der Waals surface area contributed by atoms with Crippen LogP contribution in [0, 0.1) is 0 Å². The van der Waals surface area contributed by atoms with Gasteiger partial charge < -0.3 is 20.1 Å². The molecule has 0 spiro atoms. The fourth-order valence-corrected chi connectivity index (χ4v) is 4.51. The van der Waals surface area contributed by atoms with E-state index in [1.54, 1.807) is 36.4 Å². The van der Waals surface area contributed by atoms with E-state index in [4.69, 9.17) is 4.74 Å². The molecule has 4 aromatic carbocycles. The lowest BCUT2D eigenvalue weighted by Crippen LogP contribution is -2.15. The zero-order valence-corrected chi connectivity index (χ0v) is 20.0. The molecular formula is C31H32O4. The number of hydrogen-bond donors (Lipinski definition) is 3. The van der Waals surface area contributed by atoms with Gasteiger partial charge in [-0.05, 0) is 77.2 Å². The van der Waals surface area contributed by atoms with Crippen molar-refractivity contribution in [3.63, 3.8) is 0 Å². The van der Waals surface area contributed by atoms with Crippen LogP contribution in [0.1, 0.15) is 60.3 Å². The van der Waals surface area contributed by atoms with Crippen molar-refractivity contribution in [2.45, 2.75) is 38.0 Å². The van der Waals surface area contributed by atoms with E-state index in [9.17, 15) is 15.3 Å². The average Bonchev–Trinajstić information content (AvgIpc) is 2.88. The molecule has 4 rings (SSSR count). The quantitative estimate of drug-likeness (QED) is 0.213. The highest BCUT2D eigenvalue weighted by Crippen LogP contribution is 2.44. The summed E-state index contributed by atoms with van der Waals surface area (Å²) in [6.07, 6.45) is 3.35. The van der Waals surface area contributed by atoms with Crippen molar-refractivity contribution >= 4 is 0 Å². The Kier molecular flexibility index (Phi) is 7.94. The van der Waals surface area contributed by atoms with E-state index in [0.29, 0.717) is 6.61 Å². The summed E-state index contributed by atoms with van der Waals surface area (Å²) >= 11 is 0. The molecule has 180 valence electrons. The van der Waals surface area contributed by atoms with E-state index < -0.39 is 0 Å². The van der Waals surface area contributed by atoms with E-state index in [1.165, 1.54) is 0 Å². The monoisotopic (exact) mass is 468 g/mol. The van der Waals surface area contributed by atoms with Gasteiger partial charge in [-0.2, -0.15) is 0 Å². The van der Waals surface area contributed by atoms with Crippen LogP contribution >= 0.6 is 0 Å². The third-order valence-electron chi connectivity index (χ3n) is 6.35. The maximum Gasteiger partial charge on any atom is 0.119 e. The lowest BCUT2D eigenvalue weighted by atomic mass is 9.73. The highest BCUT2D eigenvalue weighted by Gasteiger charge is 2.28. The Hall–Kier alpha value is -3.92. The number of hydrogen-bond acceptors (Lipinski definition) is 4. The minimum atomic E-state index is -0.0999. The van der Waals surface area contributed by atoms with Crippen molar-refractivity contribution in [1.82, 2.24) is 0 Å². The predicted octanol–water partition coefficient (Wildman–Crippen LogP) is 7.34. The molecule has 0 aromatic heterocycles. The second kappa shape index (κ2) is 11.5. The van der Waals surface area contributed by atoms with E-state index in [1.807, 2.05) is 48.5 Å². The summed E-state index contributed by atoms with van der Waals surface area (Å²) in [5.74, 6) is 1.30. The minimum absolute atomic E-state index is 0.0844. The van der Waals surface area contributed by atoms with Crippen LogP contribution in [-0.4, -0.2) is 21.9 Å². The molecule has 0 aliphatic heterocycles. The lowest BCUT2D eigenvalue weighted by molar-refractivity contribution is 0.306. The highest BCUT2D eigenvalue weighted by molar-refractivity contribution is 5.48. The summed E-state index contributed by atoms with van der Waals surface area (Å²) < 4.78 is 5.93. The molecule has 1 unspecified atom stereocenters. The van der Waals surface area contributed by atoms with E-state index >= 15 is 0 Å². The molecule has 0 aliphatic rings. The summed E-state index contributed by atoms with van der Waals surface area (Å²) in [6, 6.07) is 30.1. The van der Waals surface area contributed by atoms with Gasteiger partial charge in [0, 0.05) is 11.8 Å². The van der Waals surface area contributed by atoms with Crippen molar-refractivity contribution in [2.24, 2.45) is 0 Å². The summed E-state index contributed by atoms with van der Waals surface area (Å²) in [5, 5.41) is 29.7. The molecule has 4 nitrogen and oxygen atoms in total. The van der Waals surface area contributed by atoms with Gasteiger partial charge in [0.25, 0.3) is 0 Å². The minimum Gasteiger partial charge on any atom is -0.508 e. The molecule has 3 N–H and O–H groups in total. The van der Waals surface area contributed by atoms with E-state index in [0.717, 1.165) is 47.3 Å². The van der Waals surface area contributed by atoms with Gasteiger partial charge in [0.1, 0.15) is 23.0 Å². The second-order valence-corrected chi connectivity index (χ2v) is 8.85. The number of aromatic hydroxyl groups is 3. The van der Waals surface area contributed by atoms with Crippen LogP contribution in [0.15, 0.2) is 97.1 Å². The van der Waals surface area contributed by atoms with Gasteiger partial charge in [-0.3, -0.25) is 0 Å². The normalized spacial score (nSPS) is 11.9. The Balaban J connectivity index is 1.78. The third kappa shape index (κ3) is 6.15. The number of phenolic OH excluding ortho intramolecular Hbond substituents is 3. The summed E-state index contributed by atoms with van der Waals surface area (Å²) in [4.78, 5) is 0. The van der Waals surface area contributed by atoms with E-state index in [-0.39, 0.29) is 29.1 Å². The second-order valence-electron chi connectivity index (χ2n) is 8.85. The molecular weight excluding hydrogens is 436 g/mol. The van der Waals surface area contributed by atoms with Crippen molar-refractivity contribution < 1.29 is 20.1 Å². The first-order valence-electron chi connectivity index (χ1n) is 12.1. The van der Waals surface area contributed by atoms with Gasteiger partial charge in [-0.15, -0.1) is 0 Å². The van der Waals surface area contributed by atoms with Gasteiger partial charge >= 0.3 is 0 Å². The number of phenols is 3. The van der Waals surface area contributed by atoms with Gasteiger partial charge in [0.15, 0.2) is 0 Å². The van der Waals surface area contributed by atoms with Crippen LogP contribution in [0.4, 0.5) is 0 Å². The first-order chi connectivity index (χ1) is 17.0. The van der Waals surface area contributed by atoms with Crippen LogP contribution in [0.25, 0.3) is 0 Å². The van der Waals surface area contributed by atoms with Crippen molar-refractivity contribution in [2.75, 3.05) is 6.61 Å². The summed E-state index contributed by atoms with van der Waals surface area (Å²) in [6.45, 7) is 2.88. The number of ether oxygens (including phenoxy) is 1.